The number of carbonyl (C=O) groups is 2. The highest BCUT2D eigenvalue weighted by Gasteiger charge is 2.23. The second-order valence-electron chi connectivity index (χ2n) is 6.49. The first-order valence-corrected chi connectivity index (χ1v) is 8.89. The average Bonchev–Trinajstić information content (AvgIpc) is 2.73. The molecule has 0 spiro atoms. The van der Waals surface area contributed by atoms with Gasteiger partial charge in [0.15, 0.2) is 11.5 Å². The number of piperazine rings is 1. The van der Waals surface area contributed by atoms with Gasteiger partial charge in [0.2, 0.25) is 0 Å². The van der Waals surface area contributed by atoms with Crippen molar-refractivity contribution in [3.8, 4) is 11.5 Å². The van der Waals surface area contributed by atoms with E-state index in [1.54, 1.807) is 17.0 Å². The molecule has 0 radical (unpaired) electrons. The van der Waals surface area contributed by atoms with Crippen LogP contribution in [0.2, 0.25) is 0 Å². The van der Waals surface area contributed by atoms with Crippen molar-refractivity contribution < 1.29 is 24.2 Å². The Kier molecular flexibility index (Phi) is 4.58. The number of ether oxygens (including phenoxy) is 2. The van der Waals surface area contributed by atoms with Crippen molar-refractivity contribution in [3.05, 3.63) is 53.6 Å². The molecule has 2 heterocycles. The van der Waals surface area contributed by atoms with Gasteiger partial charge in [0, 0.05) is 43.5 Å². The number of amides is 1. The number of fused-ring (bicyclic) bond motifs is 1. The summed E-state index contributed by atoms with van der Waals surface area (Å²) in [6.45, 7) is 3.78. The number of nitrogens with zero attached hydrogens (tertiary/aromatic N) is 2. The van der Waals surface area contributed by atoms with Gasteiger partial charge in [-0.1, -0.05) is 0 Å². The Morgan fingerprint density at radius 2 is 1.44 bits per heavy atom. The zero-order valence-corrected chi connectivity index (χ0v) is 14.8. The molecule has 0 saturated carbocycles. The molecule has 0 aromatic heterocycles. The molecule has 2 aromatic carbocycles. The molecule has 2 aromatic rings. The summed E-state index contributed by atoms with van der Waals surface area (Å²) in [5.74, 6) is 0.454. The summed E-state index contributed by atoms with van der Waals surface area (Å²) in [4.78, 5) is 27.6. The lowest BCUT2D eigenvalue weighted by Crippen LogP contribution is -2.48. The van der Waals surface area contributed by atoms with Crippen LogP contribution in [0.5, 0.6) is 11.5 Å². The van der Waals surface area contributed by atoms with Gasteiger partial charge in [0.25, 0.3) is 5.91 Å². The lowest BCUT2D eigenvalue weighted by atomic mass is 10.1. The van der Waals surface area contributed by atoms with Gasteiger partial charge in [-0.2, -0.15) is 0 Å². The Balaban J connectivity index is 1.39. The van der Waals surface area contributed by atoms with Crippen molar-refractivity contribution in [1.29, 1.82) is 0 Å². The number of hydrogen-bond acceptors (Lipinski definition) is 5. The first-order valence-electron chi connectivity index (χ1n) is 8.89. The Hall–Kier alpha value is -3.22. The lowest BCUT2D eigenvalue weighted by Gasteiger charge is -2.36. The topological polar surface area (TPSA) is 79.3 Å². The summed E-state index contributed by atoms with van der Waals surface area (Å²) in [5, 5.41) is 8.96. The highest BCUT2D eigenvalue weighted by Crippen LogP contribution is 2.34. The number of carboxylic acids is 1. The molecular weight excluding hydrogens is 348 g/mol. The summed E-state index contributed by atoms with van der Waals surface area (Å²) < 4.78 is 11.2. The van der Waals surface area contributed by atoms with Gasteiger partial charge in [-0.05, 0) is 36.4 Å². The van der Waals surface area contributed by atoms with E-state index in [4.69, 9.17) is 14.6 Å². The highest BCUT2D eigenvalue weighted by molar-refractivity contribution is 5.96. The summed E-state index contributed by atoms with van der Waals surface area (Å²) in [7, 11) is 0. The molecule has 0 bridgehead atoms. The number of benzene rings is 2. The van der Waals surface area contributed by atoms with Crippen molar-refractivity contribution in [1.82, 2.24) is 4.90 Å². The van der Waals surface area contributed by atoms with E-state index in [-0.39, 0.29) is 11.5 Å². The maximum Gasteiger partial charge on any atom is 0.335 e. The van der Waals surface area contributed by atoms with E-state index in [1.165, 1.54) is 12.1 Å². The van der Waals surface area contributed by atoms with Crippen LogP contribution in [0.1, 0.15) is 20.7 Å². The van der Waals surface area contributed by atoms with E-state index >= 15 is 0 Å². The molecule has 0 atom stereocenters. The van der Waals surface area contributed by atoms with Crippen LogP contribution in [-0.4, -0.2) is 61.3 Å². The summed E-state index contributed by atoms with van der Waals surface area (Å²) in [5.41, 5.74) is 1.74. The van der Waals surface area contributed by atoms with Gasteiger partial charge in [0.1, 0.15) is 13.2 Å². The van der Waals surface area contributed by atoms with Gasteiger partial charge in [-0.15, -0.1) is 0 Å². The predicted molar refractivity (Wildman–Crippen MR) is 98.9 cm³/mol. The fourth-order valence-electron chi connectivity index (χ4n) is 3.33. The van der Waals surface area contributed by atoms with Crippen LogP contribution in [0.25, 0.3) is 0 Å². The number of carboxylic acid groups (broad SMARTS) is 1. The Labute approximate surface area is 156 Å². The minimum absolute atomic E-state index is 0.0752. The Morgan fingerprint density at radius 1 is 0.815 bits per heavy atom. The average molecular weight is 368 g/mol. The number of anilines is 1. The molecule has 2 aliphatic rings. The van der Waals surface area contributed by atoms with Crippen LogP contribution in [0.3, 0.4) is 0 Å². The fraction of sp³-hybridized carbons (Fsp3) is 0.300. The molecule has 1 saturated heterocycles. The quantitative estimate of drug-likeness (QED) is 0.894. The number of aromatic carboxylic acids is 1. The van der Waals surface area contributed by atoms with Crippen LogP contribution in [0.4, 0.5) is 5.69 Å². The number of hydrogen-bond donors (Lipinski definition) is 1. The van der Waals surface area contributed by atoms with Crippen molar-refractivity contribution in [2.75, 3.05) is 44.3 Å². The zero-order valence-electron chi connectivity index (χ0n) is 14.8. The van der Waals surface area contributed by atoms with E-state index < -0.39 is 5.97 Å². The Bertz CT molecular complexity index is 857. The van der Waals surface area contributed by atoms with Gasteiger partial charge >= 0.3 is 5.97 Å². The maximum absolute atomic E-state index is 12.6. The third-order valence-electron chi connectivity index (χ3n) is 4.84. The van der Waals surface area contributed by atoms with Crippen molar-refractivity contribution in [2.45, 2.75) is 0 Å². The van der Waals surface area contributed by atoms with E-state index in [0.29, 0.717) is 31.9 Å². The van der Waals surface area contributed by atoms with Crippen LogP contribution >= 0.6 is 0 Å². The smallest absolute Gasteiger partial charge is 0.335 e. The van der Waals surface area contributed by atoms with E-state index in [9.17, 15) is 9.59 Å². The van der Waals surface area contributed by atoms with Crippen molar-refractivity contribution in [3.63, 3.8) is 0 Å². The molecule has 4 rings (SSSR count). The minimum Gasteiger partial charge on any atom is -0.486 e. The van der Waals surface area contributed by atoms with Crippen LogP contribution in [0.15, 0.2) is 42.5 Å². The predicted octanol–water partition coefficient (Wildman–Crippen LogP) is 2.12. The molecule has 7 heteroatoms. The molecule has 140 valence electrons. The standard InChI is InChI=1S/C20H20N2O5/c23-19(14-1-3-15(4-2-14)20(24)25)22-9-7-21(8-10-22)16-5-6-17-18(13-16)27-12-11-26-17/h1-6,13H,7-12H2,(H,24,25). The summed E-state index contributed by atoms with van der Waals surface area (Å²) >= 11 is 0. The molecule has 1 fully saturated rings. The fourth-order valence-corrected chi connectivity index (χ4v) is 3.33. The number of rotatable bonds is 3. The second-order valence-corrected chi connectivity index (χ2v) is 6.49. The van der Waals surface area contributed by atoms with Crippen molar-refractivity contribution in [2.24, 2.45) is 0 Å². The molecule has 1 amide bonds. The zero-order chi connectivity index (χ0) is 18.8. The second kappa shape index (κ2) is 7.19. The molecule has 1 N–H and O–H groups in total. The molecule has 2 aliphatic heterocycles. The Morgan fingerprint density at radius 3 is 2.11 bits per heavy atom. The van der Waals surface area contributed by atoms with Crippen molar-refractivity contribution >= 4 is 17.6 Å². The van der Waals surface area contributed by atoms with Crippen LogP contribution in [-0.2, 0) is 0 Å². The minimum atomic E-state index is -0.998. The SMILES string of the molecule is O=C(O)c1ccc(C(=O)N2CCN(c3ccc4c(c3)OCCO4)CC2)cc1. The summed E-state index contributed by atoms with van der Waals surface area (Å²) in [6.07, 6.45) is 0. The molecule has 7 nitrogen and oxygen atoms in total. The van der Waals surface area contributed by atoms with Crippen LogP contribution in [0, 0.1) is 0 Å². The lowest BCUT2D eigenvalue weighted by molar-refractivity contribution is 0.0693. The molecule has 0 unspecified atom stereocenters. The van der Waals surface area contributed by atoms with E-state index in [1.807, 2.05) is 18.2 Å². The van der Waals surface area contributed by atoms with Gasteiger partial charge in [0.05, 0.1) is 5.56 Å². The molecule has 27 heavy (non-hydrogen) atoms. The molecular formula is C20H20N2O5. The van der Waals surface area contributed by atoms with E-state index in [2.05, 4.69) is 4.90 Å². The van der Waals surface area contributed by atoms with Gasteiger partial charge in [-0.3, -0.25) is 4.79 Å². The largest absolute Gasteiger partial charge is 0.486 e. The first kappa shape index (κ1) is 17.2. The van der Waals surface area contributed by atoms with Crippen LogP contribution < -0.4 is 14.4 Å². The van der Waals surface area contributed by atoms with E-state index in [0.717, 1.165) is 30.3 Å². The maximum atomic E-state index is 12.6. The first-order chi connectivity index (χ1) is 13.1. The third kappa shape index (κ3) is 3.53. The van der Waals surface area contributed by atoms with Gasteiger partial charge in [-0.25, -0.2) is 4.79 Å². The highest BCUT2D eigenvalue weighted by atomic mass is 16.6. The third-order valence-corrected chi connectivity index (χ3v) is 4.84. The monoisotopic (exact) mass is 368 g/mol. The summed E-state index contributed by atoms with van der Waals surface area (Å²) in [6, 6.07) is 12.0. The van der Waals surface area contributed by atoms with Gasteiger partial charge < -0.3 is 24.4 Å². The normalized spacial score (nSPS) is 16.1. The molecule has 0 aliphatic carbocycles. The number of carbonyl (C=O) groups excluding carboxylic acids is 1.